The van der Waals surface area contributed by atoms with Gasteiger partial charge in [0.2, 0.25) is 5.91 Å². The van der Waals surface area contributed by atoms with Crippen LogP contribution in [-0.2, 0) is 11.2 Å². The Morgan fingerprint density at radius 1 is 1.33 bits per heavy atom. The number of aryl methyl sites for hydroxylation is 2. The molecule has 1 fully saturated rings. The molecule has 0 aromatic carbocycles. The maximum Gasteiger partial charge on any atom is 0.223 e. The van der Waals surface area contributed by atoms with Gasteiger partial charge in [-0.2, -0.15) is 0 Å². The summed E-state index contributed by atoms with van der Waals surface area (Å²) < 4.78 is 0. The maximum absolute atomic E-state index is 12.2. The number of hydrogen-bond donors (Lipinski definition) is 3. The molecule has 0 radical (unpaired) electrons. The largest absolute Gasteiger partial charge is 0.368 e. The van der Waals surface area contributed by atoms with Crippen LogP contribution in [0.4, 0.5) is 5.82 Å². The van der Waals surface area contributed by atoms with Gasteiger partial charge in [0.1, 0.15) is 11.6 Å². The third kappa shape index (κ3) is 6.07. The van der Waals surface area contributed by atoms with Gasteiger partial charge in [-0.3, -0.25) is 4.79 Å². The topological polar surface area (TPSA) is 92.9 Å². The standard InChI is InChI=1S/C18H31N5O/c1-3-4-8-16-22-13(2)11-17(23-16)20-9-10-21-18(24)14-6-5-7-15(19)12-14/h11,14-15H,3-10,12,19H2,1-2H3,(H,21,24)(H,20,22,23)/t14-,15+/m1/s1. The molecule has 0 spiro atoms. The molecule has 6 nitrogen and oxygen atoms in total. The highest BCUT2D eigenvalue weighted by Gasteiger charge is 2.24. The van der Waals surface area contributed by atoms with E-state index in [0.717, 1.165) is 62.3 Å². The van der Waals surface area contributed by atoms with Crippen molar-refractivity contribution in [1.29, 1.82) is 0 Å². The molecule has 0 saturated heterocycles. The summed E-state index contributed by atoms with van der Waals surface area (Å²) in [4.78, 5) is 21.2. The molecule has 0 bridgehead atoms. The van der Waals surface area contributed by atoms with E-state index in [4.69, 9.17) is 5.73 Å². The lowest BCUT2D eigenvalue weighted by Crippen LogP contribution is -2.39. The van der Waals surface area contributed by atoms with Gasteiger partial charge in [-0.1, -0.05) is 19.8 Å². The number of aromatic nitrogens is 2. The molecule has 1 aromatic heterocycles. The third-order valence-electron chi connectivity index (χ3n) is 4.47. The van der Waals surface area contributed by atoms with E-state index < -0.39 is 0 Å². The summed E-state index contributed by atoms with van der Waals surface area (Å²) in [6.07, 6.45) is 7.01. The van der Waals surface area contributed by atoms with Gasteiger partial charge >= 0.3 is 0 Å². The molecule has 24 heavy (non-hydrogen) atoms. The summed E-state index contributed by atoms with van der Waals surface area (Å²) in [5.41, 5.74) is 6.92. The molecule has 1 aliphatic rings. The molecule has 1 heterocycles. The van der Waals surface area contributed by atoms with E-state index in [1.165, 1.54) is 0 Å². The maximum atomic E-state index is 12.2. The van der Waals surface area contributed by atoms with E-state index in [1.807, 2.05) is 13.0 Å². The molecular formula is C18H31N5O. The predicted molar refractivity (Wildman–Crippen MR) is 96.8 cm³/mol. The Hall–Kier alpha value is -1.69. The minimum Gasteiger partial charge on any atom is -0.368 e. The fourth-order valence-electron chi connectivity index (χ4n) is 3.15. The van der Waals surface area contributed by atoms with E-state index >= 15 is 0 Å². The molecule has 2 atom stereocenters. The summed E-state index contributed by atoms with van der Waals surface area (Å²) in [5.74, 6) is 1.94. The molecule has 1 amide bonds. The summed E-state index contributed by atoms with van der Waals surface area (Å²) >= 11 is 0. The summed E-state index contributed by atoms with van der Waals surface area (Å²) in [6, 6.07) is 2.12. The van der Waals surface area contributed by atoms with E-state index in [-0.39, 0.29) is 17.9 Å². The Morgan fingerprint density at radius 3 is 2.92 bits per heavy atom. The lowest BCUT2D eigenvalue weighted by Gasteiger charge is -2.25. The van der Waals surface area contributed by atoms with Crippen LogP contribution in [0.5, 0.6) is 0 Å². The first kappa shape index (κ1) is 18.6. The highest BCUT2D eigenvalue weighted by molar-refractivity contribution is 5.78. The second-order valence-corrected chi connectivity index (χ2v) is 6.76. The molecule has 2 rings (SSSR count). The van der Waals surface area contributed by atoms with Gasteiger partial charge in [-0.25, -0.2) is 9.97 Å². The summed E-state index contributed by atoms with van der Waals surface area (Å²) in [5, 5.41) is 6.29. The first-order valence-electron chi connectivity index (χ1n) is 9.20. The lowest BCUT2D eigenvalue weighted by atomic mass is 9.85. The Morgan fingerprint density at radius 2 is 2.17 bits per heavy atom. The molecule has 1 saturated carbocycles. The van der Waals surface area contributed by atoms with Crippen LogP contribution in [0.2, 0.25) is 0 Å². The molecule has 0 unspecified atom stereocenters. The molecule has 4 N–H and O–H groups in total. The number of anilines is 1. The van der Waals surface area contributed by atoms with Crippen LogP contribution in [0, 0.1) is 12.8 Å². The van der Waals surface area contributed by atoms with Crippen molar-refractivity contribution in [2.45, 2.75) is 64.8 Å². The van der Waals surface area contributed by atoms with Crippen LogP contribution in [0.3, 0.4) is 0 Å². The minimum atomic E-state index is 0.0793. The zero-order chi connectivity index (χ0) is 17.4. The number of hydrogen-bond acceptors (Lipinski definition) is 5. The highest BCUT2D eigenvalue weighted by atomic mass is 16.1. The Balaban J connectivity index is 1.73. The van der Waals surface area contributed by atoms with Gasteiger partial charge in [0.25, 0.3) is 0 Å². The number of nitrogens with one attached hydrogen (secondary N) is 2. The van der Waals surface area contributed by atoms with Crippen LogP contribution in [-0.4, -0.2) is 35.0 Å². The highest BCUT2D eigenvalue weighted by Crippen LogP contribution is 2.22. The van der Waals surface area contributed by atoms with Gasteiger partial charge in [0.15, 0.2) is 0 Å². The van der Waals surface area contributed by atoms with Gasteiger partial charge in [-0.05, 0) is 32.6 Å². The molecule has 0 aliphatic heterocycles. The number of carbonyl (C=O) groups excluding carboxylic acids is 1. The number of nitrogens with zero attached hydrogens (tertiary/aromatic N) is 2. The average molecular weight is 333 g/mol. The summed E-state index contributed by atoms with van der Waals surface area (Å²) in [7, 11) is 0. The quantitative estimate of drug-likeness (QED) is 0.634. The normalized spacial score (nSPS) is 20.6. The van der Waals surface area contributed by atoms with E-state index in [2.05, 4.69) is 27.5 Å². The lowest BCUT2D eigenvalue weighted by molar-refractivity contribution is -0.126. The fourth-order valence-corrected chi connectivity index (χ4v) is 3.15. The van der Waals surface area contributed by atoms with Gasteiger partial charge < -0.3 is 16.4 Å². The van der Waals surface area contributed by atoms with Gasteiger partial charge in [0, 0.05) is 43.2 Å². The van der Waals surface area contributed by atoms with Crippen LogP contribution < -0.4 is 16.4 Å². The van der Waals surface area contributed by atoms with Crippen LogP contribution >= 0.6 is 0 Å². The second-order valence-electron chi connectivity index (χ2n) is 6.76. The fraction of sp³-hybridized carbons (Fsp3) is 0.722. The van der Waals surface area contributed by atoms with Crippen molar-refractivity contribution in [2.75, 3.05) is 18.4 Å². The van der Waals surface area contributed by atoms with Crippen molar-refractivity contribution in [3.05, 3.63) is 17.6 Å². The van der Waals surface area contributed by atoms with Crippen molar-refractivity contribution in [1.82, 2.24) is 15.3 Å². The SMILES string of the molecule is CCCCc1nc(C)cc(NCCNC(=O)[C@@H]2CCC[C@H](N)C2)n1. The monoisotopic (exact) mass is 333 g/mol. The Labute approximate surface area is 145 Å². The predicted octanol–water partition coefficient (Wildman–Crippen LogP) is 2.17. The number of rotatable bonds is 8. The molecular weight excluding hydrogens is 302 g/mol. The molecule has 6 heteroatoms. The Kier molecular flexibility index (Phi) is 7.43. The van der Waals surface area contributed by atoms with Crippen molar-refractivity contribution in [3.8, 4) is 0 Å². The number of carbonyl (C=O) groups is 1. The second kappa shape index (κ2) is 9.57. The van der Waals surface area contributed by atoms with Crippen molar-refractivity contribution in [3.63, 3.8) is 0 Å². The zero-order valence-electron chi connectivity index (χ0n) is 15.0. The number of unbranched alkanes of at least 4 members (excludes halogenated alkanes) is 1. The van der Waals surface area contributed by atoms with E-state index in [1.54, 1.807) is 0 Å². The molecule has 1 aliphatic carbocycles. The third-order valence-corrected chi connectivity index (χ3v) is 4.47. The molecule has 134 valence electrons. The van der Waals surface area contributed by atoms with Crippen molar-refractivity contribution in [2.24, 2.45) is 11.7 Å². The number of nitrogens with two attached hydrogens (primary N) is 1. The summed E-state index contributed by atoms with van der Waals surface area (Å²) in [6.45, 7) is 5.40. The Bertz CT molecular complexity index is 534. The average Bonchev–Trinajstić information content (AvgIpc) is 2.56. The van der Waals surface area contributed by atoms with Crippen LogP contribution in [0.15, 0.2) is 6.07 Å². The van der Waals surface area contributed by atoms with Crippen molar-refractivity contribution < 1.29 is 4.79 Å². The minimum absolute atomic E-state index is 0.0793. The smallest absolute Gasteiger partial charge is 0.223 e. The first-order chi connectivity index (χ1) is 11.6. The molecule has 1 aromatic rings. The zero-order valence-corrected chi connectivity index (χ0v) is 15.0. The van der Waals surface area contributed by atoms with E-state index in [0.29, 0.717) is 13.1 Å². The van der Waals surface area contributed by atoms with Gasteiger partial charge in [0.05, 0.1) is 0 Å². The first-order valence-corrected chi connectivity index (χ1v) is 9.20. The number of amides is 1. The van der Waals surface area contributed by atoms with Crippen molar-refractivity contribution >= 4 is 11.7 Å². The van der Waals surface area contributed by atoms with Crippen LogP contribution in [0.1, 0.15) is 57.0 Å². The van der Waals surface area contributed by atoms with Crippen LogP contribution in [0.25, 0.3) is 0 Å². The van der Waals surface area contributed by atoms with Gasteiger partial charge in [-0.15, -0.1) is 0 Å². The van der Waals surface area contributed by atoms with E-state index in [9.17, 15) is 4.79 Å².